The molecule has 1 amide bonds. The Morgan fingerprint density at radius 3 is 1.89 bits per heavy atom. The summed E-state index contributed by atoms with van der Waals surface area (Å²) in [6.07, 6.45) is -0.710. The second-order valence-electron chi connectivity index (χ2n) is 8.13. The van der Waals surface area contributed by atoms with Crippen LogP contribution in [0.5, 0.6) is 0 Å². The lowest BCUT2D eigenvalue weighted by Crippen LogP contribution is -2.61. The zero-order valence-electron chi connectivity index (χ0n) is 21.4. The van der Waals surface area contributed by atoms with Gasteiger partial charge >= 0.3 is 11.9 Å². The van der Waals surface area contributed by atoms with Crippen molar-refractivity contribution in [1.82, 2.24) is 5.32 Å². The molecule has 0 heterocycles. The molecule has 0 spiro atoms. The lowest BCUT2D eigenvalue weighted by atomic mass is 9.90. The number of benzene rings is 2. The number of nitrogens with one attached hydrogen (secondary N) is 1. The van der Waals surface area contributed by atoms with Gasteiger partial charge in [-0.1, -0.05) is 36.0 Å². The van der Waals surface area contributed by atoms with Gasteiger partial charge in [0.05, 0.1) is 13.2 Å². The van der Waals surface area contributed by atoms with Gasteiger partial charge in [0.15, 0.2) is 12.1 Å². The van der Waals surface area contributed by atoms with E-state index in [1.807, 2.05) is 36.4 Å². The van der Waals surface area contributed by atoms with Crippen molar-refractivity contribution in [1.29, 1.82) is 0 Å². The van der Waals surface area contributed by atoms with Crippen LogP contribution >= 0.6 is 11.8 Å². The minimum atomic E-state index is -1.93. The van der Waals surface area contributed by atoms with Gasteiger partial charge < -0.3 is 24.6 Å². The molecule has 0 aliphatic carbocycles. The summed E-state index contributed by atoms with van der Waals surface area (Å²) in [5, 5.41) is 11.6. The second kappa shape index (κ2) is 14.5. The number of carbonyl (C=O) groups is 4. The molecule has 0 fully saturated rings. The first-order valence-corrected chi connectivity index (χ1v) is 12.8. The fourth-order valence-electron chi connectivity index (χ4n) is 3.44. The Hall–Kier alpha value is -3.21. The van der Waals surface area contributed by atoms with Gasteiger partial charge in [0.25, 0.3) is 0 Å². The van der Waals surface area contributed by atoms with Crippen LogP contribution in [0, 0.1) is 0 Å². The van der Waals surface area contributed by atoms with Gasteiger partial charge in [-0.2, -0.15) is 0 Å². The van der Waals surface area contributed by atoms with Crippen LogP contribution in [0.4, 0.5) is 0 Å². The average Bonchev–Trinajstić information content (AvgIpc) is 2.86. The Bertz CT molecular complexity index is 1050. The van der Waals surface area contributed by atoms with Gasteiger partial charge in [-0.3, -0.25) is 9.59 Å². The molecule has 2 rings (SSSR count). The molecule has 0 radical (unpaired) electrons. The highest BCUT2D eigenvalue weighted by molar-refractivity contribution is 7.99. The maximum absolute atomic E-state index is 12.7. The summed E-state index contributed by atoms with van der Waals surface area (Å²) < 4.78 is 15.1. The van der Waals surface area contributed by atoms with E-state index in [-0.39, 0.29) is 32.0 Å². The van der Waals surface area contributed by atoms with Crippen molar-refractivity contribution in [3.63, 3.8) is 0 Å². The minimum Gasteiger partial charge on any atom is -0.464 e. The maximum atomic E-state index is 12.7. The Morgan fingerprint density at radius 1 is 0.919 bits per heavy atom. The molecule has 9 nitrogen and oxygen atoms in total. The lowest BCUT2D eigenvalue weighted by Gasteiger charge is -2.29. The van der Waals surface area contributed by atoms with E-state index in [1.165, 1.54) is 25.6 Å². The predicted molar refractivity (Wildman–Crippen MR) is 137 cm³/mol. The number of hydrogen-bond donors (Lipinski definition) is 2. The molecule has 10 heteroatoms. The normalized spacial score (nSPS) is 11.9. The molecule has 2 aromatic carbocycles. The van der Waals surface area contributed by atoms with Crippen LogP contribution in [0.2, 0.25) is 0 Å². The van der Waals surface area contributed by atoms with Crippen LogP contribution in [0.3, 0.4) is 0 Å². The van der Waals surface area contributed by atoms with Crippen LogP contribution in [-0.4, -0.2) is 60.4 Å². The lowest BCUT2D eigenvalue weighted by molar-refractivity contribution is -0.168. The molecule has 37 heavy (non-hydrogen) atoms. The van der Waals surface area contributed by atoms with Crippen LogP contribution < -0.4 is 5.32 Å². The Kier molecular flexibility index (Phi) is 11.8. The number of carbonyl (C=O) groups excluding carboxylic acids is 4. The molecule has 200 valence electrons. The number of aryl methyl sites for hydroxylation is 1. The first kappa shape index (κ1) is 30.0. The van der Waals surface area contributed by atoms with Crippen molar-refractivity contribution in [2.75, 3.05) is 19.8 Å². The molecule has 1 unspecified atom stereocenters. The fourth-order valence-corrected chi connectivity index (χ4v) is 4.26. The average molecular weight is 532 g/mol. The summed E-state index contributed by atoms with van der Waals surface area (Å²) in [6, 6.07) is 14.6. The van der Waals surface area contributed by atoms with Crippen molar-refractivity contribution >= 4 is 35.4 Å². The van der Waals surface area contributed by atoms with Crippen molar-refractivity contribution < 1.29 is 38.5 Å². The zero-order valence-corrected chi connectivity index (χ0v) is 22.3. The van der Waals surface area contributed by atoms with Gasteiger partial charge in [-0.05, 0) is 63.4 Å². The Balaban J connectivity index is 2.09. The van der Waals surface area contributed by atoms with Crippen LogP contribution in [0.15, 0.2) is 58.3 Å². The number of Topliss-reactive ketones (excluding diaryl/α,β-unsaturated/α-hetero) is 1. The molecular formula is C27H33NO8S. The van der Waals surface area contributed by atoms with Crippen LogP contribution in [-0.2, 0) is 35.0 Å². The van der Waals surface area contributed by atoms with Gasteiger partial charge in [0.1, 0.15) is 6.61 Å². The number of aliphatic hydroxyl groups is 1. The second-order valence-corrected chi connectivity index (χ2v) is 9.28. The number of hydrogen-bond acceptors (Lipinski definition) is 9. The molecule has 0 aliphatic heterocycles. The number of ketones is 1. The third-order valence-corrected chi connectivity index (χ3v) is 6.23. The first-order valence-electron chi connectivity index (χ1n) is 11.9. The van der Waals surface area contributed by atoms with Gasteiger partial charge in [-0.25, -0.2) is 9.59 Å². The fraction of sp³-hybridized carbons (Fsp3) is 0.407. The summed E-state index contributed by atoms with van der Waals surface area (Å²) in [5.74, 6) is -2.47. The third-order valence-electron chi connectivity index (χ3n) is 5.22. The molecule has 2 N–H and O–H groups in total. The number of esters is 2. The van der Waals surface area contributed by atoms with Crippen molar-refractivity contribution in [2.24, 2.45) is 0 Å². The van der Waals surface area contributed by atoms with E-state index < -0.39 is 29.7 Å². The number of aliphatic hydroxyl groups excluding tert-OH is 1. The molecule has 2 aromatic rings. The number of ether oxygens (including phenoxy) is 3. The highest BCUT2D eigenvalue weighted by Crippen LogP contribution is 2.29. The van der Waals surface area contributed by atoms with Gasteiger partial charge in [-0.15, -0.1) is 0 Å². The van der Waals surface area contributed by atoms with E-state index in [0.29, 0.717) is 12.0 Å². The maximum Gasteiger partial charge on any atom is 0.343 e. The topological polar surface area (TPSA) is 128 Å². The van der Waals surface area contributed by atoms with Crippen LogP contribution in [0.25, 0.3) is 0 Å². The molecule has 0 saturated heterocycles. The quantitative estimate of drug-likeness (QED) is 0.163. The van der Waals surface area contributed by atoms with E-state index in [9.17, 15) is 19.2 Å². The van der Waals surface area contributed by atoms with E-state index >= 15 is 0 Å². The van der Waals surface area contributed by atoms with Gasteiger partial charge in [0.2, 0.25) is 11.4 Å². The Labute approximate surface area is 220 Å². The zero-order chi connectivity index (χ0) is 27.4. The van der Waals surface area contributed by atoms with E-state index in [4.69, 9.17) is 19.3 Å². The Morgan fingerprint density at radius 2 is 1.43 bits per heavy atom. The standard InChI is InChI=1S/C27H33NO8S/c1-5-34-25(32)27(28-18(3)29,26(33)35-6-2)16-15-20-7-11-22(12-8-20)37-23-13-9-21(10-14-23)24(31)17-36-19(4)30/h7-14,19,30H,5-6,15-17H2,1-4H3,(H,28,29). The molecule has 1 atom stereocenters. The van der Waals surface area contributed by atoms with Crippen molar-refractivity contribution in [3.05, 3.63) is 59.7 Å². The molecule has 0 aliphatic rings. The smallest absolute Gasteiger partial charge is 0.343 e. The summed E-state index contributed by atoms with van der Waals surface area (Å²) in [5.41, 5.74) is -0.581. The monoisotopic (exact) mass is 531 g/mol. The summed E-state index contributed by atoms with van der Waals surface area (Å²) in [6.45, 7) is 5.82. The number of amides is 1. The highest BCUT2D eigenvalue weighted by atomic mass is 32.2. The van der Waals surface area contributed by atoms with E-state index in [2.05, 4.69) is 5.32 Å². The van der Waals surface area contributed by atoms with E-state index in [1.54, 1.807) is 26.0 Å². The minimum absolute atomic E-state index is 0.0228. The van der Waals surface area contributed by atoms with Crippen LogP contribution in [0.1, 0.15) is 50.0 Å². The SMILES string of the molecule is CCOC(=O)C(CCc1ccc(Sc2ccc(C(=O)COC(C)O)cc2)cc1)(NC(C)=O)C(=O)OCC. The van der Waals surface area contributed by atoms with Crippen molar-refractivity contribution in [3.8, 4) is 0 Å². The van der Waals surface area contributed by atoms with E-state index in [0.717, 1.165) is 15.4 Å². The van der Waals surface area contributed by atoms with Gasteiger partial charge in [0, 0.05) is 22.3 Å². The van der Waals surface area contributed by atoms with Crippen molar-refractivity contribution in [2.45, 2.75) is 62.2 Å². The summed E-state index contributed by atoms with van der Waals surface area (Å²) >= 11 is 1.50. The summed E-state index contributed by atoms with van der Waals surface area (Å²) in [4.78, 5) is 51.3. The summed E-state index contributed by atoms with van der Waals surface area (Å²) in [7, 11) is 0. The third kappa shape index (κ3) is 8.99. The largest absolute Gasteiger partial charge is 0.464 e. The molecular weight excluding hydrogens is 498 g/mol. The number of rotatable bonds is 14. The predicted octanol–water partition coefficient (Wildman–Crippen LogP) is 3.31. The highest BCUT2D eigenvalue weighted by Gasteiger charge is 2.49. The molecule has 0 aromatic heterocycles. The first-order chi connectivity index (χ1) is 17.6. The molecule has 0 bridgehead atoms. The molecule has 0 saturated carbocycles.